The van der Waals surface area contributed by atoms with E-state index in [0.29, 0.717) is 12.0 Å². The average Bonchev–Trinajstić information content (AvgIpc) is 3.40. The van der Waals surface area contributed by atoms with E-state index in [1.54, 1.807) is 30.3 Å². The number of aromatic hydroxyl groups is 1. The lowest BCUT2D eigenvalue weighted by Crippen LogP contribution is -2.35. The van der Waals surface area contributed by atoms with Gasteiger partial charge in [0.05, 0.1) is 5.56 Å². The lowest BCUT2D eigenvalue weighted by atomic mass is 10.1. The van der Waals surface area contributed by atoms with Crippen molar-refractivity contribution < 1.29 is 19.1 Å². The maximum absolute atomic E-state index is 13.7. The molecule has 2 unspecified atom stereocenters. The smallest absolute Gasteiger partial charge is 0.255 e. The molecule has 2 aromatic rings. The highest BCUT2D eigenvalue weighted by atomic mass is 19.1. The van der Waals surface area contributed by atoms with Crippen molar-refractivity contribution in [2.45, 2.75) is 12.3 Å². The summed E-state index contributed by atoms with van der Waals surface area (Å²) in [7, 11) is 0. The fourth-order valence-corrected chi connectivity index (χ4v) is 2.86. The highest BCUT2D eigenvalue weighted by Gasteiger charge is 2.44. The zero-order valence-electron chi connectivity index (χ0n) is 13.5. The highest BCUT2D eigenvalue weighted by molar-refractivity contribution is 5.96. The van der Waals surface area contributed by atoms with Crippen LogP contribution in [0, 0.1) is 11.7 Å². The minimum Gasteiger partial charge on any atom is -0.507 e. The molecule has 0 heterocycles. The number of rotatable bonds is 6. The molecule has 2 atom stereocenters. The van der Waals surface area contributed by atoms with Crippen molar-refractivity contribution in [3.05, 3.63) is 65.5 Å². The number of carbonyl (C=O) groups is 2. The molecule has 1 saturated carbocycles. The molecule has 0 saturated heterocycles. The minimum absolute atomic E-state index is 0.0722. The van der Waals surface area contributed by atoms with Gasteiger partial charge in [0.1, 0.15) is 11.6 Å². The van der Waals surface area contributed by atoms with Gasteiger partial charge in [-0.05, 0) is 36.1 Å². The number of benzene rings is 2. The van der Waals surface area contributed by atoms with Gasteiger partial charge in [-0.1, -0.05) is 30.3 Å². The van der Waals surface area contributed by atoms with Crippen LogP contribution in [0.15, 0.2) is 48.5 Å². The van der Waals surface area contributed by atoms with Crippen molar-refractivity contribution in [3.8, 4) is 5.75 Å². The molecule has 25 heavy (non-hydrogen) atoms. The maximum Gasteiger partial charge on any atom is 0.255 e. The van der Waals surface area contributed by atoms with E-state index >= 15 is 0 Å². The van der Waals surface area contributed by atoms with Gasteiger partial charge in [-0.3, -0.25) is 9.59 Å². The number of hydrogen-bond acceptors (Lipinski definition) is 3. The number of halogens is 1. The second-order valence-electron chi connectivity index (χ2n) is 6.03. The standard InChI is InChI=1S/C19H19FN2O3/c20-16-7-3-1-5-12(16)14-11-15(14)19(25)22-10-9-21-18(24)13-6-2-4-8-17(13)23/h1-8,14-15,23H,9-11H2,(H,21,24)(H,22,25). The van der Waals surface area contributed by atoms with Gasteiger partial charge in [0.15, 0.2) is 0 Å². The number of phenolic OH excluding ortho intramolecular Hbond substituents is 1. The van der Waals surface area contributed by atoms with Crippen molar-refractivity contribution in [2.24, 2.45) is 5.92 Å². The third kappa shape index (κ3) is 3.96. The molecule has 2 aromatic carbocycles. The summed E-state index contributed by atoms with van der Waals surface area (Å²) in [6, 6.07) is 12.8. The van der Waals surface area contributed by atoms with E-state index in [0.717, 1.165) is 0 Å². The quantitative estimate of drug-likeness (QED) is 0.704. The first-order valence-corrected chi connectivity index (χ1v) is 8.16. The third-order valence-corrected chi connectivity index (χ3v) is 4.29. The lowest BCUT2D eigenvalue weighted by molar-refractivity contribution is -0.122. The number of para-hydroxylation sites is 1. The number of amides is 2. The van der Waals surface area contributed by atoms with E-state index in [1.807, 2.05) is 0 Å². The van der Waals surface area contributed by atoms with Gasteiger partial charge in [-0.15, -0.1) is 0 Å². The number of phenols is 1. The van der Waals surface area contributed by atoms with Crippen LogP contribution in [0.4, 0.5) is 4.39 Å². The van der Waals surface area contributed by atoms with Crippen LogP contribution >= 0.6 is 0 Å². The Labute approximate surface area is 144 Å². The highest BCUT2D eigenvalue weighted by Crippen LogP contribution is 2.48. The molecular formula is C19H19FN2O3. The molecule has 0 aromatic heterocycles. The van der Waals surface area contributed by atoms with Gasteiger partial charge >= 0.3 is 0 Å². The average molecular weight is 342 g/mol. The summed E-state index contributed by atoms with van der Waals surface area (Å²) < 4.78 is 13.7. The third-order valence-electron chi connectivity index (χ3n) is 4.29. The Hall–Kier alpha value is -2.89. The molecule has 1 aliphatic carbocycles. The van der Waals surface area contributed by atoms with Crippen molar-refractivity contribution in [1.29, 1.82) is 0 Å². The van der Waals surface area contributed by atoms with Crippen molar-refractivity contribution in [2.75, 3.05) is 13.1 Å². The van der Waals surface area contributed by atoms with Crippen LogP contribution in [0.2, 0.25) is 0 Å². The molecule has 0 radical (unpaired) electrons. The first kappa shape index (κ1) is 17.0. The molecule has 2 amide bonds. The van der Waals surface area contributed by atoms with E-state index in [-0.39, 0.29) is 48.0 Å². The fourth-order valence-electron chi connectivity index (χ4n) is 2.86. The number of carbonyl (C=O) groups excluding carboxylic acids is 2. The summed E-state index contributed by atoms with van der Waals surface area (Å²) in [6.45, 7) is 0.522. The van der Waals surface area contributed by atoms with E-state index in [2.05, 4.69) is 10.6 Å². The van der Waals surface area contributed by atoms with Crippen molar-refractivity contribution in [3.63, 3.8) is 0 Å². The topological polar surface area (TPSA) is 78.4 Å². The molecule has 130 valence electrons. The van der Waals surface area contributed by atoms with Gasteiger partial charge in [-0.25, -0.2) is 4.39 Å². The molecule has 0 aliphatic heterocycles. The minimum atomic E-state index is -0.400. The van der Waals surface area contributed by atoms with Gasteiger partial charge in [0, 0.05) is 19.0 Å². The van der Waals surface area contributed by atoms with Crippen LogP contribution in [0.25, 0.3) is 0 Å². The number of hydrogen-bond donors (Lipinski definition) is 3. The number of nitrogens with one attached hydrogen (secondary N) is 2. The first-order chi connectivity index (χ1) is 12.1. The van der Waals surface area contributed by atoms with Crippen LogP contribution in [0.5, 0.6) is 5.75 Å². The SMILES string of the molecule is O=C(NCCNC(=O)C1CC1c1ccccc1F)c1ccccc1O. The Morgan fingerprint density at radius 1 is 1.04 bits per heavy atom. The zero-order chi connectivity index (χ0) is 17.8. The Bertz CT molecular complexity index is 794. The van der Waals surface area contributed by atoms with E-state index in [9.17, 15) is 19.1 Å². The van der Waals surface area contributed by atoms with Crippen LogP contribution in [0.1, 0.15) is 28.3 Å². The van der Waals surface area contributed by atoms with Crippen LogP contribution in [0.3, 0.4) is 0 Å². The lowest BCUT2D eigenvalue weighted by Gasteiger charge is -2.08. The van der Waals surface area contributed by atoms with Crippen LogP contribution in [-0.4, -0.2) is 30.0 Å². The first-order valence-electron chi connectivity index (χ1n) is 8.16. The summed E-state index contributed by atoms with van der Waals surface area (Å²) in [5, 5.41) is 15.0. The predicted octanol–water partition coefficient (Wildman–Crippen LogP) is 2.18. The maximum atomic E-state index is 13.7. The van der Waals surface area contributed by atoms with E-state index < -0.39 is 5.91 Å². The van der Waals surface area contributed by atoms with Gasteiger partial charge in [-0.2, -0.15) is 0 Å². The normalized spacial score (nSPS) is 18.4. The molecular weight excluding hydrogens is 323 g/mol. The van der Waals surface area contributed by atoms with Crippen molar-refractivity contribution in [1.82, 2.24) is 10.6 Å². The summed E-state index contributed by atoms with van der Waals surface area (Å²) in [5.74, 6) is -1.19. The summed E-state index contributed by atoms with van der Waals surface area (Å²) in [4.78, 5) is 24.0. The van der Waals surface area contributed by atoms with Gasteiger partial charge in [0.25, 0.3) is 5.91 Å². The predicted molar refractivity (Wildman–Crippen MR) is 90.7 cm³/mol. The Morgan fingerprint density at radius 3 is 2.48 bits per heavy atom. The Balaban J connectivity index is 1.42. The van der Waals surface area contributed by atoms with Crippen LogP contribution in [-0.2, 0) is 4.79 Å². The van der Waals surface area contributed by atoms with E-state index in [1.165, 1.54) is 18.2 Å². The molecule has 3 rings (SSSR count). The summed E-state index contributed by atoms with van der Waals surface area (Å²) in [6.07, 6.45) is 0.636. The molecule has 0 bridgehead atoms. The second-order valence-corrected chi connectivity index (χ2v) is 6.03. The molecule has 3 N–H and O–H groups in total. The monoisotopic (exact) mass is 342 g/mol. The Kier molecular flexibility index (Phi) is 4.97. The fraction of sp³-hybridized carbons (Fsp3) is 0.263. The Morgan fingerprint density at radius 2 is 1.72 bits per heavy atom. The molecule has 6 heteroatoms. The van der Waals surface area contributed by atoms with Gasteiger partial charge < -0.3 is 15.7 Å². The van der Waals surface area contributed by atoms with E-state index in [4.69, 9.17) is 0 Å². The zero-order valence-corrected chi connectivity index (χ0v) is 13.5. The molecule has 5 nitrogen and oxygen atoms in total. The van der Waals surface area contributed by atoms with Crippen molar-refractivity contribution >= 4 is 11.8 Å². The van der Waals surface area contributed by atoms with Gasteiger partial charge in [0.2, 0.25) is 5.91 Å². The molecule has 1 fully saturated rings. The molecule has 0 spiro atoms. The second kappa shape index (κ2) is 7.34. The summed E-state index contributed by atoms with van der Waals surface area (Å²) in [5.41, 5.74) is 0.770. The molecule has 1 aliphatic rings. The van der Waals surface area contributed by atoms with Crippen LogP contribution < -0.4 is 10.6 Å². The largest absolute Gasteiger partial charge is 0.507 e. The summed E-state index contributed by atoms with van der Waals surface area (Å²) >= 11 is 0.